The number of hydrogen-bond acceptors (Lipinski definition) is 5. The second-order valence-corrected chi connectivity index (χ2v) is 9.12. The maximum atomic E-state index is 11.7. The van der Waals surface area contributed by atoms with Crippen LogP contribution in [-0.4, -0.2) is 34.7 Å². The predicted molar refractivity (Wildman–Crippen MR) is 86.2 cm³/mol. The summed E-state index contributed by atoms with van der Waals surface area (Å²) in [6.07, 6.45) is 5.36. The first kappa shape index (κ1) is 15.2. The number of aromatic nitrogens is 3. The molecule has 1 saturated heterocycles. The number of nitrogens with zero attached hydrogens (tertiary/aromatic N) is 3. The van der Waals surface area contributed by atoms with Gasteiger partial charge in [0.2, 0.25) is 0 Å². The molecular formula is C15H18ClN3O3S. The SMILES string of the molecule is Cc1nn(C2CCS(=O)(=O)C2)c(Cl)c1-c1ocnc1CC1CC1. The van der Waals surface area contributed by atoms with E-state index in [4.69, 9.17) is 16.0 Å². The summed E-state index contributed by atoms with van der Waals surface area (Å²) in [4.78, 5) is 4.33. The molecule has 0 N–H and O–H groups in total. The van der Waals surface area contributed by atoms with Crippen LogP contribution in [0.5, 0.6) is 0 Å². The molecule has 8 heteroatoms. The van der Waals surface area contributed by atoms with E-state index in [2.05, 4.69) is 10.1 Å². The molecule has 0 spiro atoms. The highest BCUT2D eigenvalue weighted by Gasteiger charge is 2.33. The van der Waals surface area contributed by atoms with Gasteiger partial charge in [0.15, 0.2) is 22.0 Å². The van der Waals surface area contributed by atoms with Crippen molar-refractivity contribution >= 4 is 21.4 Å². The fourth-order valence-corrected chi connectivity index (χ4v) is 5.29. The van der Waals surface area contributed by atoms with E-state index in [0.29, 0.717) is 23.3 Å². The van der Waals surface area contributed by atoms with Crippen molar-refractivity contribution < 1.29 is 12.8 Å². The molecule has 124 valence electrons. The van der Waals surface area contributed by atoms with Crippen molar-refractivity contribution in [3.05, 3.63) is 22.9 Å². The molecule has 2 fully saturated rings. The van der Waals surface area contributed by atoms with Gasteiger partial charge in [-0.25, -0.2) is 18.1 Å². The Kier molecular flexibility index (Phi) is 3.53. The van der Waals surface area contributed by atoms with Gasteiger partial charge in [-0.05, 0) is 38.5 Å². The highest BCUT2D eigenvalue weighted by molar-refractivity contribution is 7.91. The number of aryl methyl sites for hydroxylation is 1. The fourth-order valence-electron chi connectivity index (χ4n) is 3.20. The van der Waals surface area contributed by atoms with E-state index >= 15 is 0 Å². The molecule has 2 aliphatic rings. The summed E-state index contributed by atoms with van der Waals surface area (Å²) in [7, 11) is -2.99. The largest absolute Gasteiger partial charge is 0.443 e. The normalized spacial score (nSPS) is 23.5. The first-order chi connectivity index (χ1) is 10.9. The van der Waals surface area contributed by atoms with E-state index in [-0.39, 0.29) is 17.5 Å². The zero-order valence-corrected chi connectivity index (χ0v) is 14.4. The van der Waals surface area contributed by atoms with Crippen LogP contribution in [0.3, 0.4) is 0 Å². The Balaban J connectivity index is 1.71. The third-order valence-corrected chi connectivity index (χ3v) is 6.74. The van der Waals surface area contributed by atoms with Gasteiger partial charge in [0.25, 0.3) is 0 Å². The molecule has 3 heterocycles. The second-order valence-electron chi connectivity index (χ2n) is 6.53. The number of halogens is 1. The third kappa shape index (κ3) is 2.80. The van der Waals surface area contributed by atoms with E-state index in [0.717, 1.165) is 23.4 Å². The summed E-state index contributed by atoms with van der Waals surface area (Å²) in [5, 5.41) is 4.93. The Bertz CT molecular complexity index is 851. The van der Waals surface area contributed by atoms with Gasteiger partial charge >= 0.3 is 0 Å². The molecule has 1 atom stereocenters. The molecule has 1 unspecified atom stereocenters. The number of sulfone groups is 1. The summed E-state index contributed by atoms with van der Waals surface area (Å²) in [6, 6.07) is -0.199. The topological polar surface area (TPSA) is 78.0 Å². The van der Waals surface area contributed by atoms with Crippen LogP contribution >= 0.6 is 11.6 Å². The van der Waals surface area contributed by atoms with Crippen LogP contribution in [-0.2, 0) is 16.3 Å². The van der Waals surface area contributed by atoms with Crippen molar-refractivity contribution in [3.63, 3.8) is 0 Å². The quantitative estimate of drug-likeness (QED) is 0.842. The van der Waals surface area contributed by atoms with Gasteiger partial charge in [0, 0.05) is 0 Å². The highest BCUT2D eigenvalue weighted by atomic mass is 35.5. The number of oxazole rings is 1. The van der Waals surface area contributed by atoms with Crippen molar-refractivity contribution in [1.82, 2.24) is 14.8 Å². The molecule has 0 bridgehead atoms. The van der Waals surface area contributed by atoms with Crippen LogP contribution in [0.4, 0.5) is 0 Å². The monoisotopic (exact) mass is 355 g/mol. The van der Waals surface area contributed by atoms with Crippen LogP contribution in [0, 0.1) is 12.8 Å². The molecule has 0 radical (unpaired) electrons. The van der Waals surface area contributed by atoms with Gasteiger partial charge in [-0.1, -0.05) is 11.6 Å². The summed E-state index contributed by atoms with van der Waals surface area (Å²) in [6.45, 7) is 1.87. The molecule has 0 aromatic carbocycles. The molecule has 4 rings (SSSR count). The maximum absolute atomic E-state index is 11.7. The minimum atomic E-state index is -2.99. The summed E-state index contributed by atoms with van der Waals surface area (Å²) >= 11 is 6.54. The van der Waals surface area contributed by atoms with Crippen molar-refractivity contribution in [1.29, 1.82) is 0 Å². The molecule has 6 nitrogen and oxygen atoms in total. The highest BCUT2D eigenvalue weighted by Crippen LogP contribution is 2.40. The predicted octanol–water partition coefficient (Wildman–Crippen LogP) is 2.81. The van der Waals surface area contributed by atoms with Crippen LogP contribution < -0.4 is 0 Å². The van der Waals surface area contributed by atoms with E-state index in [1.165, 1.54) is 19.2 Å². The Hall–Kier alpha value is -1.34. The molecule has 2 aromatic heterocycles. The summed E-state index contributed by atoms with van der Waals surface area (Å²) < 4.78 is 30.7. The lowest BCUT2D eigenvalue weighted by molar-refractivity contribution is 0.497. The van der Waals surface area contributed by atoms with E-state index < -0.39 is 9.84 Å². The van der Waals surface area contributed by atoms with Crippen LogP contribution in [0.1, 0.15) is 36.7 Å². The first-order valence-corrected chi connectivity index (χ1v) is 10.0. The average Bonchev–Trinajstić information content (AvgIpc) is 2.95. The number of hydrogen-bond donors (Lipinski definition) is 0. The van der Waals surface area contributed by atoms with Crippen LogP contribution in [0.2, 0.25) is 5.15 Å². The van der Waals surface area contributed by atoms with E-state index in [1.54, 1.807) is 4.68 Å². The lowest BCUT2D eigenvalue weighted by Crippen LogP contribution is -2.12. The Morgan fingerprint density at radius 3 is 2.83 bits per heavy atom. The smallest absolute Gasteiger partial charge is 0.181 e. The second kappa shape index (κ2) is 5.34. The minimum Gasteiger partial charge on any atom is -0.443 e. The van der Waals surface area contributed by atoms with Crippen LogP contribution in [0.25, 0.3) is 11.3 Å². The molecule has 23 heavy (non-hydrogen) atoms. The number of rotatable bonds is 4. The van der Waals surface area contributed by atoms with Gasteiger partial charge in [-0.3, -0.25) is 0 Å². The molecule has 0 amide bonds. The van der Waals surface area contributed by atoms with Crippen molar-refractivity contribution in [2.24, 2.45) is 5.92 Å². The van der Waals surface area contributed by atoms with Crippen LogP contribution in [0.15, 0.2) is 10.8 Å². The van der Waals surface area contributed by atoms with Gasteiger partial charge in [0.1, 0.15) is 5.15 Å². The van der Waals surface area contributed by atoms with Gasteiger partial charge in [0.05, 0.1) is 34.5 Å². The Labute approximate surface area is 139 Å². The average molecular weight is 356 g/mol. The van der Waals surface area contributed by atoms with Gasteiger partial charge in [-0.15, -0.1) is 0 Å². The van der Waals surface area contributed by atoms with E-state index in [1.807, 2.05) is 6.92 Å². The summed E-state index contributed by atoms with van der Waals surface area (Å²) in [5.41, 5.74) is 2.40. The maximum Gasteiger partial charge on any atom is 0.181 e. The van der Waals surface area contributed by atoms with Gasteiger partial charge < -0.3 is 4.42 Å². The molecule has 1 saturated carbocycles. The Morgan fingerprint density at radius 1 is 1.39 bits per heavy atom. The molecular weight excluding hydrogens is 338 g/mol. The molecule has 1 aliphatic heterocycles. The lowest BCUT2D eigenvalue weighted by atomic mass is 10.1. The summed E-state index contributed by atoms with van der Waals surface area (Å²) in [5.74, 6) is 1.65. The lowest BCUT2D eigenvalue weighted by Gasteiger charge is -2.09. The zero-order chi connectivity index (χ0) is 16.2. The fraction of sp³-hybridized carbons (Fsp3) is 0.600. The van der Waals surface area contributed by atoms with Crippen molar-refractivity contribution in [2.75, 3.05) is 11.5 Å². The van der Waals surface area contributed by atoms with E-state index in [9.17, 15) is 8.42 Å². The third-order valence-electron chi connectivity index (χ3n) is 4.63. The zero-order valence-electron chi connectivity index (χ0n) is 12.8. The standard InChI is InChI=1S/C15H18ClN3O3S/c1-9-13(14-12(17-8-22-14)6-10-2-3-10)15(16)19(18-9)11-4-5-23(20,21)7-11/h8,10-11H,2-7H2,1H3. The molecule has 2 aromatic rings. The van der Waals surface area contributed by atoms with Crippen molar-refractivity contribution in [3.8, 4) is 11.3 Å². The minimum absolute atomic E-state index is 0.0958. The molecule has 1 aliphatic carbocycles. The van der Waals surface area contributed by atoms with Gasteiger partial charge in [-0.2, -0.15) is 5.10 Å². The van der Waals surface area contributed by atoms with Crippen molar-refractivity contribution in [2.45, 2.75) is 38.6 Å². The Morgan fingerprint density at radius 2 is 2.17 bits per heavy atom. The first-order valence-electron chi connectivity index (χ1n) is 7.82.